The molecule has 0 aliphatic carbocycles. The van der Waals surface area contributed by atoms with Crippen LogP contribution >= 0.6 is 0 Å². The molecule has 1 aromatic rings. The largest absolute Gasteiger partial charge is 0.490 e. The number of fused-ring (bicyclic) bond motifs is 1. The van der Waals surface area contributed by atoms with Crippen molar-refractivity contribution >= 4 is 11.8 Å². The number of carbonyl (C=O) groups excluding carboxylic acids is 2. The SMILES string of the molecule is CCCC(=O)N1CCN(C(=O)c2ccc3c(c2)OCCCO3)CC1. The van der Waals surface area contributed by atoms with Gasteiger partial charge in [-0.25, -0.2) is 0 Å². The predicted molar refractivity (Wildman–Crippen MR) is 89.4 cm³/mol. The highest BCUT2D eigenvalue weighted by atomic mass is 16.5. The quantitative estimate of drug-likeness (QED) is 0.849. The molecule has 0 atom stereocenters. The summed E-state index contributed by atoms with van der Waals surface area (Å²) in [7, 11) is 0. The van der Waals surface area contributed by atoms with E-state index in [4.69, 9.17) is 9.47 Å². The van der Waals surface area contributed by atoms with Crippen molar-refractivity contribution in [1.82, 2.24) is 9.80 Å². The second-order valence-corrected chi connectivity index (χ2v) is 6.13. The van der Waals surface area contributed by atoms with Gasteiger partial charge in [0.25, 0.3) is 5.91 Å². The monoisotopic (exact) mass is 332 g/mol. The van der Waals surface area contributed by atoms with Crippen molar-refractivity contribution in [2.75, 3.05) is 39.4 Å². The fraction of sp³-hybridized carbons (Fsp3) is 0.556. The lowest BCUT2D eigenvalue weighted by Gasteiger charge is -2.35. The molecule has 130 valence electrons. The van der Waals surface area contributed by atoms with Gasteiger partial charge < -0.3 is 19.3 Å². The molecule has 6 heteroatoms. The van der Waals surface area contributed by atoms with Crippen LogP contribution in [0.2, 0.25) is 0 Å². The van der Waals surface area contributed by atoms with Gasteiger partial charge in [-0.1, -0.05) is 6.92 Å². The Balaban J connectivity index is 1.63. The van der Waals surface area contributed by atoms with Gasteiger partial charge in [-0.2, -0.15) is 0 Å². The summed E-state index contributed by atoms with van der Waals surface area (Å²) in [5.74, 6) is 1.49. The van der Waals surface area contributed by atoms with Gasteiger partial charge in [0, 0.05) is 44.6 Å². The number of nitrogens with zero attached hydrogens (tertiary/aromatic N) is 2. The number of rotatable bonds is 3. The minimum Gasteiger partial charge on any atom is -0.490 e. The highest BCUT2D eigenvalue weighted by molar-refractivity contribution is 5.95. The van der Waals surface area contributed by atoms with Crippen LogP contribution in [-0.4, -0.2) is 61.0 Å². The summed E-state index contributed by atoms with van der Waals surface area (Å²) in [5.41, 5.74) is 0.604. The zero-order chi connectivity index (χ0) is 16.9. The molecule has 0 radical (unpaired) electrons. The van der Waals surface area contributed by atoms with E-state index in [0.29, 0.717) is 62.9 Å². The fourth-order valence-electron chi connectivity index (χ4n) is 3.01. The average molecular weight is 332 g/mol. The molecular formula is C18H24N2O4. The van der Waals surface area contributed by atoms with E-state index in [1.54, 1.807) is 23.1 Å². The summed E-state index contributed by atoms with van der Waals surface area (Å²) >= 11 is 0. The molecule has 3 rings (SSSR count). The maximum absolute atomic E-state index is 12.7. The van der Waals surface area contributed by atoms with Gasteiger partial charge in [-0.05, 0) is 24.6 Å². The van der Waals surface area contributed by atoms with Crippen LogP contribution in [0.1, 0.15) is 36.5 Å². The fourth-order valence-corrected chi connectivity index (χ4v) is 3.01. The molecule has 0 saturated carbocycles. The van der Waals surface area contributed by atoms with Gasteiger partial charge in [-0.15, -0.1) is 0 Å². The standard InChI is InChI=1S/C18H24N2O4/c1-2-4-17(21)19-7-9-20(10-8-19)18(22)14-5-6-15-16(13-14)24-12-3-11-23-15/h5-6,13H,2-4,7-12H2,1H3. The van der Waals surface area contributed by atoms with Crippen molar-refractivity contribution in [3.8, 4) is 11.5 Å². The summed E-state index contributed by atoms with van der Waals surface area (Å²) in [6.07, 6.45) is 2.27. The van der Waals surface area contributed by atoms with E-state index in [1.165, 1.54) is 0 Å². The van der Waals surface area contributed by atoms with E-state index in [1.807, 2.05) is 11.8 Å². The first-order chi connectivity index (χ1) is 11.7. The molecule has 2 aliphatic rings. The van der Waals surface area contributed by atoms with Crippen LogP contribution in [-0.2, 0) is 4.79 Å². The number of amides is 2. The summed E-state index contributed by atoms with van der Waals surface area (Å²) in [5, 5.41) is 0. The van der Waals surface area contributed by atoms with E-state index < -0.39 is 0 Å². The number of carbonyl (C=O) groups is 2. The molecule has 2 amide bonds. The Bertz CT molecular complexity index is 609. The van der Waals surface area contributed by atoms with E-state index in [2.05, 4.69) is 0 Å². The van der Waals surface area contributed by atoms with Gasteiger partial charge in [0.05, 0.1) is 13.2 Å². The Hall–Kier alpha value is -2.24. The van der Waals surface area contributed by atoms with Crippen LogP contribution in [0.4, 0.5) is 0 Å². The zero-order valence-electron chi connectivity index (χ0n) is 14.1. The molecule has 2 heterocycles. The van der Waals surface area contributed by atoms with Crippen LogP contribution in [0.3, 0.4) is 0 Å². The molecule has 0 N–H and O–H groups in total. The molecule has 1 saturated heterocycles. The second kappa shape index (κ2) is 7.55. The number of ether oxygens (including phenoxy) is 2. The Kier molecular flexibility index (Phi) is 5.23. The smallest absolute Gasteiger partial charge is 0.254 e. The van der Waals surface area contributed by atoms with Crippen molar-refractivity contribution in [2.45, 2.75) is 26.2 Å². The summed E-state index contributed by atoms with van der Waals surface area (Å²) in [6.45, 7) is 5.59. The number of benzene rings is 1. The molecule has 1 aromatic carbocycles. The molecular weight excluding hydrogens is 308 g/mol. The van der Waals surface area contributed by atoms with Crippen molar-refractivity contribution in [3.63, 3.8) is 0 Å². The summed E-state index contributed by atoms with van der Waals surface area (Å²) in [4.78, 5) is 28.3. The normalized spacial score (nSPS) is 17.4. The van der Waals surface area contributed by atoms with Crippen molar-refractivity contribution in [2.24, 2.45) is 0 Å². The van der Waals surface area contributed by atoms with Gasteiger partial charge in [0.1, 0.15) is 0 Å². The first kappa shape index (κ1) is 16.6. The maximum Gasteiger partial charge on any atom is 0.254 e. The zero-order valence-corrected chi connectivity index (χ0v) is 14.1. The minimum absolute atomic E-state index is 0.0202. The third-order valence-electron chi connectivity index (χ3n) is 4.38. The lowest BCUT2D eigenvalue weighted by atomic mass is 10.1. The highest BCUT2D eigenvalue weighted by Gasteiger charge is 2.25. The predicted octanol–water partition coefficient (Wildman–Crippen LogP) is 1.93. The van der Waals surface area contributed by atoms with E-state index in [-0.39, 0.29) is 11.8 Å². The van der Waals surface area contributed by atoms with Crippen LogP contribution in [0, 0.1) is 0 Å². The number of piperazine rings is 1. The van der Waals surface area contributed by atoms with Gasteiger partial charge >= 0.3 is 0 Å². The van der Waals surface area contributed by atoms with E-state index >= 15 is 0 Å². The van der Waals surface area contributed by atoms with Gasteiger partial charge in [-0.3, -0.25) is 9.59 Å². The Morgan fingerprint density at radius 3 is 2.38 bits per heavy atom. The molecule has 0 spiro atoms. The highest BCUT2D eigenvalue weighted by Crippen LogP contribution is 2.30. The third kappa shape index (κ3) is 3.63. The van der Waals surface area contributed by atoms with Crippen LogP contribution in [0.25, 0.3) is 0 Å². The van der Waals surface area contributed by atoms with E-state index in [9.17, 15) is 9.59 Å². The Labute approximate surface area is 142 Å². The molecule has 24 heavy (non-hydrogen) atoms. The molecule has 0 bridgehead atoms. The first-order valence-electron chi connectivity index (χ1n) is 8.65. The summed E-state index contributed by atoms with van der Waals surface area (Å²) < 4.78 is 11.3. The lowest BCUT2D eigenvalue weighted by molar-refractivity contribution is -0.132. The molecule has 2 aliphatic heterocycles. The maximum atomic E-state index is 12.7. The lowest BCUT2D eigenvalue weighted by Crippen LogP contribution is -2.50. The van der Waals surface area contributed by atoms with Crippen molar-refractivity contribution in [1.29, 1.82) is 0 Å². The topological polar surface area (TPSA) is 59.1 Å². The molecule has 6 nitrogen and oxygen atoms in total. The van der Waals surface area contributed by atoms with Gasteiger partial charge in [0.15, 0.2) is 11.5 Å². The summed E-state index contributed by atoms with van der Waals surface area (Å²) in [6, 6.07) is 5.34. The van der Waals surface area contributed by atoms with Gasteiger partial charge in [0.2, 0.25) is 5.91 Å². The third-order valence-corrected chi connectivity index (χ3v) is 4.38. The van der Waals surface area contributed by atoms with Crippen molar-refractivity contribution in [3.05, 3.63) is 23.8 Å². The first-order valence-corrected chi connectivity index (χ1v) is 8.65. The molecule has 0 aromatic heterocycles. The van der Waals surface area contributed by atoms with Crippen LogP contribution < -0.4 is 9.47 Å². The average Bonchev–Trinajstić information content (AvgIpc) is 2.86. The number of hydrogen-bond acceptors (Lipinski definition) is 4. The molecule has 1 fully saturated rings. The van der Waals surface area contributed by atoms with Crippen LogP contribution in [0.15, 0.2) is 18.2 Å². The van der Waals surface area contributed by atoms with Crippen LogP contribution in [0.5, 0.6) is 11.5 Å². The minimum atomic E-state index is -0.0202. The Morgan fingerprint density at radius 1 is 1.00 bits per heavy atom. The second-order valence-electron chi connectivity index (χ2n) is 6.13. The van der Waals surface area contributed by atoms with Crippen molar-refractivity contribution < 1.29 is 19.1 Å². The Morgan fingerprint density at radius 2 is 1.67 bits per heavy atom. The van der Waals surface area contributed by atoms with E-state index in [0.717, 1.165) is 12.8 Å². The molecule has 0 unspecified atom stereocenters. The number of hydrogen-bond donors (Lipinski definition) is 0.